The van der Waals surface area contributed by atoms with E-state index in [4.69, 9.17) is 0 Å². The van der Waals surface area contributed by atoms with Crippen molar-refractivity contribution < 1.29 is 40.2 Å². The number of aliphatic hydroxyl groups is 5. The Morgan fingerprint density at radius 2 is 1.37 bits per heavy atom. The van der Waals surface area contributed by atoms with E-state index in [9.17, 15) is 40.2 Å². The van der Waals surface area contributed by atoms with Gasteiger partial charge in [0, 0.05) is 0 Å². The Kier molecular flexibility index (Phi) is 11.7. The Morgan fingerprint density at radius 3 is 1.85 bits per heavy atom. The van der Waals surface area contributed by atoms with Crippen molar-refractivity contribution in [3.8, 4) is 0 Å². The van der Waals surface area contributed by atoms with Gasteiger partial charge in [-0.1, -0.05) is 65.2 Å². The summed E-state index contributed by atoms with van der Waals surface area (Å²) < 4.78 is 0. The average Bonchev–Trinajstić information content (AvgIpc) is 2.56. The number of amides is 1. The molecule has 0 aliphatic rings. The highest BCUT2D eigenvalue weighted by Gasteiger charge is 2.54. The molecule has 0 aromatic heterocycles. The molecule has 1 amide bonds. The average molecular weight is 393 g/mol. The number of nitrogens with one attached hydrogen (secondary N) is 1. The van der Waals surface area contributed by atoms with Crippen LogP contribution in [0.1, 0.15) is 78.1 Å². The largest absolute Gasteiger partial charge is 0.481 e. The lowest BCUT2D eigenvalue weighted by Crippen LogP contribution is -2.70. The minimum absolute atomic E-state index is 0.0214. The van der Waals surface area contributed by atoms with E-state index >= 15 is 0 Å². The molecule has 0 spiro atoms. The lowest BCUT2D eigenvalue weighted by atomic mass is 9.97. The molecule has 2 unspecified atom stereocenters. The van der Waals surface area contributed by atoms with E-state index in [-0.39, 0.29) is 12.8 Å². The van der Waals surface area contributed by atoms with Crippen molar-refractivity contribution in [3.63, 3.8) is 0 Å². The molecule has 0 fully saturated rings. The molecule has 0 heterocycles. The summed E-state index contributed by atoms with van der Waals surface area (Å²) in [5.74, 6) is -11.4. The summed E-state index contributed by atoms with van der Waals surface area (Å²) in [6.45, 7) is 3.73. The van der Waals surface area contributed by atoms with Crippen LogP contribution in [0.2, 0.25) is 0 Å². The maximum atomic E-state index is 12.1. The van der Waals surface area contributed by atoms with Crippen LogP contribution in [0.25, 0.3) is 0 Å². The summed E-state index contributed by atoms with van der Waals surface area (Å²) in [7, 11) is 0. The summed E-state index contributed by atoms with van der Waals surface area (Å²) in [5.41, 5.74) is 0. The van der Waals surface area contributed by atoms with Crippen LogP contribution in [-0.2, 0) is 9.59 Å². The molecule has 0 aliphatic heterocycles. The van der Waals surface area contributed by atoms with Crippen molar-refractivity contribution in [1.82, 2.24) is 5.32 Å². The molecule has 160 valence electrons. The van der Waals surface area contributed by atoms with Crippen molar-refractivity contribution >= 4 is 11.9 Å². The molecule has 0 saturated carbocycles. The number of hydrogen-bond acceptors (Lipinski definition) is 7. The van der Waals surface area contributed by atoms with Gasteiger partial charge in [-0.2, -0.15) is 0 Å². The van der Waals surface area contributed by atoms with E-state index < -0.39 is 35.6 Å². The minimum atomic E-state index is -3.60. The first-order valence-electron chi connectivity index (χ1n) is 9.63. The maximum absolute atomic E-state index is 12.1. The zero-order valence-electron chi connectivity index (χ0n) is 16.2. The second kappa shape index (κ2) is 12.2. The summed E-state index contributed by atoms with van der Waals surface area (Å²) in [4.78, 5) is 23.4. The highest BCUT2D eigenvalue weighted by Crippen LogP contribution is 2.23. The number of aliphatic carboxylic acids is 1. The van der Waals surface area contributed by atoms with Gasteiger partial charge in [-0.05, 0) is 12.8 Å². The number of carboxylic acids is 1. The van der Waals surface area contributed by atoms with Crippen LogP contribution in [0, 0.1) is 5.92 Å². The molecular weight excluding hydrogens is 358 g/mol. The third-order valence-corrected chi connectivity index (χ3v) is 4.55. The van der Waals surface area contributed by atoms with Gasteiger partial charge in [-0.15, -0.1) is 0 Å². The summed E-state index contributed by atoms with van der Waals surface area (Å²) in [5, 5.41) is 59.5. The highest BCUT2D eigenvalue weighted by molar-refractivity contribution is 5.97. The fourth-order valence-electron chi connectivity index (χ4n) is 2.73. The van der Waals surface area contributed by atoms with Crippen LogP contribution in [0.4, 0.5) is 0 Å². The first-order valence-corrected chi connectivity index (χ1v) is 9.63. The van der Waals surface area contributed by atoms with E-state index in [1.165, 1.54) is 5.32 Å². The van der Waals surface area contributed by atoms with E-state index in [1.54, 1.807) is 6.92 Å². The van der Waals surface area contributed by atoms with Crippen molar-refractivity contribution in [2.24, 2.45) is 5.92 Å². The van der Waals surface area contributed by atoms with Gasteiger partial charge in [0.05, 0.1) is 0 Å². The first-order chi connectivity index (χ1) is 12.5. The fraction of sp³-hybridized carbons (Fsp3) is 0.889. The van der Waals surface area contributed by atoms with E-state index in [1.807, 2.05) is 0 Å². The Labute approximate surface area is 160 Å². The lowest BCUT2D eigenvalue weighted by Gasteiger charge is -2.38. The van der Waals surface area contributed by atoms with Crippen LogP contribution >= 0.6 is 0 Å². The maximum Gasteiger partial charge on any atom is 0.316 e. The molecule has 2 atom stereocenters. The number of carboxylic acid groups (broad SMARTS) is 1. The van der Waals surface area contributed by atoms with Crippen LogP contribution in [0.5, 0.6) is 0 Å². The minimum Gasteiger partial charge on any atom is -0.481 e. The first kappa shape index (κ1) is 25.7. The smallest absolute Gasteiger partial charge is 0.316 e. The van der Waals surface area contributed by atoms with E-state index in [2.05, 4.69) is 6.92 Å². The molecule has 7 N–H and O–H groups in total. The molecule has 0 bridgehead atoms. The zero-order chi connectivity index (χ0) is 21.1. The van der Waals surface area contributed by atoms with Gasteiger partial charge < -0.3 is 30.6 Å². The van der Waals surface area contributed by atoms with Gasteiger partial charge in [0.2, 0.25) is 5.91 Å². The van der Waals surface area contributed by atoms with Crippen molar-refractivity contribution in [2.45, 2.75) is 95.9 Å². The Hall–Kier alpha value is -1.26. The topological polar surface area (TPSA) is 168 Å². The standard InChI is InChI=1S/C18H35NO8/c1-3-5-6-7-8-9-10-12-13(16(22)23)15(21)19-18(26,27)17(24,25)14(20)11-4-2/h13-14,20,24-27H,3-12H2,1-2H3,(H,19,21)(H,22,23). The van der Waals surface area contributed by atoms with Gasteiger partial charge in [0.1, 0.15) is 12.0 Å². The molecule has 0 aromatic carbocycles. The molecular formula is C18H35NO8. The monoisotopic (exact) mass is 393 g/mol. The lowest BCUT2D eigenvalue weighted by molar-refractivity contribution is -0.392. The predicted octanol–water partition coefficient (Wildman–Crippen LogP) is 0.424. The van der Waals surface area contributed by atoms with E-state index in [0.717, 1.165) is 38.5 Å². The van der Waals surface area contributed by atoms with Gasteiger partial charge in [0.15, 0.2) is 0 Å². The van der Waals surface area contributed by atoms with Crippen molar-refractivity contribution in [3.05, 3.63) is 0 Å². The van der Waals surface area contributed by atoms with E-state index in [0.29, 0.717) is 12.8 Å². The molecule has 0 aromatic rings. The highest BCUT2D eigenvalue weighted by atomic mass is 16.6. The third kappa shape index (κ3) is 8.52. The fourth-order valence-corrected chi connectivity index (χ4v) is 2.73. The van der Waals surface area contributed by atoms with Crippen LogP contribution in [-0.4, -0.2) is 60.3 Å². The second-order valence-electron chi connectivity index (χ2n) is 6.99. The second-order valence-corrected chi connectivity index (χ2v) is 6.99. The van der Waals surface area contributed by atoms with Crippen LogP contribution in [0.3, 0.4) is 0 Å². The molecule has 0 saturated heterocycles. The van der Waals surface area contributed by atoms with Crippen LogP contribution < -0.4 is 5.32 Å². The molecule has 27 heavy (non-hydrogen) atoms. The predicted molar refractivity (Wildman–Crippen MR) is 97.1 cm³/mol. The Balaban J connectivity index is 4.71. The molecule has 0 radical (unpaired) electrons. The molecule has 9 nitrogen and oxygen atoms in total. The normalized spacial score (nSPS) is 14.6. The van der Waals surface area contributed by atoms with Crippen molar-refractivity contribution in [2.75, 3.05) is 0 Å². The summed E-state index contributed by atoms with van der Waals surface area (Å²) in [6, 6.07) is 0. The summed E-state index contributed by atoms with van der Waals surface area (Å²) in [6.07, 6.45) is 4.67. The third-order valence-electron chi connectivity index (χ3n) is 4.55. The quantitative estimate of drug-likeness (QED) is 0.119. The summed E-state index contributed by atoms with van der Waals surface area (Å²) >= 11 is 0. The number of rotatable bonds is 15. The zero-order valence-corrected chi connectivity index (χ0v) is 16.2. The van der Waals surface area contributed by atoms with Crippen LogP contribution in [0.15, 0.2) is 0 Å². The van der Waals surface area contributed by atoms with Gasteiger partial charge >= 0.3 is 11.9 Å². The van der Waals surface area contributed by atoms with Crippen molar-refractivity contribution in [1.29, 1.82) is 0 Å². The van der Waals surface area contributed by atoms with Gasteiger partial charge in [-0.25, -0.2) is 0 Å². The number of hydrogen-bond donors (Lipinski definition) is 7. The number of unbranched alkanes of at least 4 members (excludes halogenated alkanes) is 6. The Morgan fingerprint density at radius 1 is 0.852 bits per heavy atom. The Bertz CT molecular complexity index is 453. The SMILES string of the molecule is CCCCCCCCCC(C(=O)O)C(=O)NC(O)(O)C(O)(O)C(O)CCC. The number of aliphatic hydroxyl groups excluding tert-OH is 1. The molecule has 9 heteroatoms. The van der Waals surface area contributed by atoms with Gasteiger partial charge in [0.25, 0.3) is 5.79 Å². The van der Waals surface area contributed by atoms with Gasteiger partial charge in [-0.3, -0.25) is 14.9 Å². The molecule has 0 aliphatic carbocycles. The molecule has 0 rings (SSSR count). The number of carbonyl (C=O) groups excluding carboxylic acids is 1. The number of carbonyl (C=O) groups is 2.